The first-order valence-electron chi connectivity index (χ1n) is 10.9. The number of piperazine rings is 1. The number of hydrogen-bond donors (Lipinski definition) is 1. The Morgan fingerprint density at radius 2 is 1.68 bits per heavy atom. The predicted octanol–water partition coefficient (Wildman–Crippen LogP) is 5.33. The van der Waals surface area contributed by atoms with Crippen LogP contribution in [0.3, 0.4) is 0 Å². The molecule has 1 fully saturated rings. The highest BCUT2D eigenvalue weighted by atomic mass is 35.5. The van der Waals surface area contributed by atoms with Crippen LogP contribution in [0, 0.1) is 0 Å². The van der Waals surface area contributed by atoms with E-state index in [1.165, 1.54) is 0 Å². The van der Waals surface area contributed by atoms with Gasteiger partial charge in [-0.3, -0.25) is 9.59 Å². The summed E-state index contributed by atoms with van der Waals surface area (Å²) in [6, 6.07) is 19.9. The average molecular weight is 494 g/mol. The molecule has 0 bridgehead atoms. The number of ether oxygens (including phenoxy) is 1. The number of amides is 2. The minimum atomic E-state index is -0.373. The lowest BCUT2D eigenvalue weighted by Crippen LogP contribution is -2.48. The topological polar surface area (TPSA) is 61.9 Å². The number of nitrogens with zero attached hydrogens (tertiary/aromatic N) is 2. The Morgan fingerprint density at radius 3 is 2.41 bits per heavy atom. The molecule has 2 aliphatic heterocycles. The zero-order valence-electron chi connectivity index (χ0n) is 18.1. The van der Waals surface area contributed by atoms with Gasteiger partial charge in [0.1, 0.15) is 0 Å². The number of nitrogens with one attached hydrogen (secondary N) is 1. The third-order valence-corrected chi connectivity index (χ3v) is 6.31. The van der Waals surface area contributed by atoms with Crippen molar-refractivity contribution in [1.29, 1.82) is 0 Å². The molecule has 2 heterocycles. The number of carbonyl (C=O) groups is 2. The molecule has 0 spiro atoms. The van der Waals surface area contributed by atoms with Crippen LogP contribution in [0.25, 0.3) is 6.08 Å². The van der Waals surface area contributed by atoms with Gasteiger partial charge < -0.3 is 19.9 Å². The molecule has 0 unspecified atom stereocenters. The Labute approximate surface area is 207 Å². The second-order valence-corrected chi connectivity index (χ2v) is 8.96. The van der Waals surface area contributed by atoms with E-state index < -0.39 is 0 Å². The van der Waals surface area contributed by atoms with Crippen molar-refractivity contribution < 1.29 is 14.3 Å². The Morgan fingerprint density at radius 1 is 0.912 bits per heavy atom. The molecule has 172 valence electrons. The van der Waals surface area contributed by atoms with Crippen LogP contribution in [0.1, 0.15) is 15.9 Å². The summed E-state index contributed by atoms with van der Waals surface area (Å²) in [6.07, 6.45) is 1.65. The van der Waals surface area contributed by atoms with Crippen LogP contribution in [-0.2, 0) is 4.79 Å². The molecule has 0 saturated carbocycles. The first kappa shape index (κ1) is 22.3. The van der Waals surface area contributed by atoms with Gasteiger partial charge in [0.05, 0.1) is 5.69 Å². The van der Waals surface area contributed by atoms with Crippen molar-refractivity contribution in [2.45, 2.75) is 0 Å². The maximum Gasteiger partial charge on any atom is 0.291 e. The minimum Gasteiger partial charge on any atom is -0.449 e. The van der Waals surface area contributed by atoms with Crippen LogP contribution in [0.2, 0.25) is 10.0 Å². The standard InChI is InChI=1S/C26H21Cl2N3O3/c27-19-7-4-17(5-8-19)14-24-25(32)29-22-15-18(6-9-23(22)34-24)26(33)31-12-10-30(11-13-31)21-3-1-2-20(28)16-21/h1-9,14-16H,10-13H2,(H,29,32). The highest BCUT2D eigenvalue weighted by molar-refractivity contribution is 6.31. The summed E-state index contributed by atoms with van der Waals surface area (Å²) in [7, 11) is 0. The third-order valence-electron chi connectivity index (χ3n) is 5.83. The minimum absolute atomic E-state index is 0.0784. The van der Waals surface area contributed by atoms with Crippen LogP contribution >= 0.6 is 23.2 Å². The largest absolute Gasteiger partial charge is 0.449 e. The van der Waals surface area contributed by atoms with Gasteiger partial charge in [-0.25, -0.2) is 0 Å². The van der Waals surface area contributed by atoms with Crippen LogP contribution in [-0.4, -0.2) is 42.9 Å². The van der Waals surface area contributed by atoms with Gasteiger partial charge in [-0.05, 0) is 60.2 Å². The van der Waals surface area contributed by atoms with Crippen molar-refractivity contribution in [2.75, 3.05) is 36.4 Å². The van der Waals surface area contributed by atoms with Crippen LogP contribution in [0.15, 0.2) is 72.5 Å². The van der Waals surface area contributed by atoms with Gasteiger partial charge in [0.2, 0.25) is 0 Å². The van der Waals surface area contributed by atoms with Crippen LogP contribution < -0.4 is 15.0 Å². The number of anilines is 2. The summed E-state index contributed by atoms with van der Waals surface area (Å²) >= 11 is 12.0. The maximum absolute atomic E-state index is 13.1. The number of rotatable bonds is 3. The van der Waals surface area contributed by atoms with Gasteiger partial charge in [0.15, 0.2) is 11.5 Å². The number of fused-ring (bicyclic) bond motifs is 1. The van der Waals surface area contributed by atoms with Crippen molar-refractivity contribution in [1.82, 2.24) is 4.90 Å². The molecule has 0 aromatic heterocycles. The smallest absolute Gasteiger partial charge is 0.291 e. The Bertz CT molecular complexity index is 1280. The van der Waals surface area contributed by atoms with E-state index in [4.69, 9.17) is 27.9 Å². The quantitative estimate of drug-likeness (QED) is 0.501. The molecule has 3 aromatic carbocycles. The van der Waals surface area contributed by atoms with E-state index in [9.17, 15) is 9.59 Å². The van der Waals surface area contributed by atoms with E-state index >= 15 is 0 Å². The highest BCUT2D eigenvalue weighted by Gasteiger charge is 2.26. The fourth-order valence-corrected chi connectivity index (χ4v) is 4.34. The molecular formula is C26H21Cl2N3O3. The number of hydrogen-bond acceptors (Lipinski definition) is 4. The molecule has 0 atom stereocenters. The summed E-state index contributed by atoms with van der Waals surface area (Å²) in [6.45, 7) is 2.63. The lowest BCUT2D eigenvalue weighted by atomic mass is 10.1. The fourth-order valence-electron chi connectivity index (χ4n) is 4.03. The van der Waals surface area contributed by atoms with Crippen molar-refractivity contribution in [3.8, 4) is 5.75 Å². The zero-order chi connectivity index (χ0) is 23.7. The van der Waals surface area contributed by atoms with E-state index in [-0.39, 0.29) is 17.6 Å². The van der Waals surface area contributed by atoms with Gasteiger partial charge in [0.25, 0.3) is 11.8 Å². The second kappa shape index (κ2) is 9.41. The first-order valence-corrected chi connectivity index (χ1v) is 11.6. The number of halogens is 2. The van der Waals surface area contributed by atoms with Crippen molar-refractivity contribution in [3.05, 3.63) is 93.7 Å². The van der Waals surface area contributed by atoms with Gasteiger partial charge in [-0.1, -0.05) is 41.4 Å². The van der Waals surface area contributed by atoms with E-state index in [1.54, 1.807) is 48.5 Å². The summed E-state index contributed by atoms with van der Waals surface area (Å²) in [5.41, 5.74) is 2.82. The molecule has 2 aliphatic rings. The van der Waals surface area contributed by atoms with E-state index in [2.05, 4.69) is 10.2 Å². The summed E-state index contributed by atoms with van der Waals surface area (Å²) in [5, 5.41) is 4.13. The average Bonchev–Trinajstić information content (AvgIpc) is 2.85. The second-order valence-electron chi connectivity index (χ2n) is 8.09. The molecular weight excluding hydrogens is 473 g/mol. The molecule has 5 rings (SSSR count). The van der Waals surface area contributed by atoms with Crippen LogP contribution in [0.4, 0.5) is 11.4 Å². The van der Waals surface area contributed by atoms with E-state index in [0.29, 0.717) is 40.1 Å². The Kier molecular flexibility index (Phi) is 6.18. The fraction of sp³-hybridized carbons (Fsp3) is 0.154. The summed E-state index contributed by atoms with van der Waals surface area (Å²) in [4.78, 5) is 29.7. The van der Waals surface area contributed by atoms with Crippen molar-refractivity contribution in [3.63, 3.8) is 0 Å². The third kappa shape index (κ3) is 4.74. The highest BCUT2D eigenvalue weighted by Crippen LogP contribution is 2.33. The SMILES string of the molecule is O=C1Nc2cc(C(=O)N3CCN(c4cccc(Cl)c4)CC3)ccc2OC1=Cc1ccc(Cl)cc1. The number of carbonyl (C=O) groups excluding carboxylic acids is 2. The molecule has 3 aromatic rings. The van der Waals surface area contributed by atoms with Gasteiger partial charge in [-0.15, -0.1) is 0 Å². The predicted molar refractivity (Wildman–Crippen MR) is 135 cm³/mol. The molecule has 1 saturated heterocycles. The number of benzene rings is 3. The maximum atomic E-state index is 13.1. The lowest BCUT2D eigenvalue weighted by Gasteiger charge is -2.36. The first-order chi connectivity index (χ1) is 16.5. The van der Waals surface area contributed by atoms with Gasteiger partial charge in [-0.2, -0.15) is 0 Å². The van der Waals surface area contributed by atoms with Gasteiger partial charge >= 0.3 is 0 Å². The van der Waals surface area contributed by atoms with Crippen LogP contribution in [0.5, 0.6) is 5.75 Å². The molecule has 0 aliphatic carbocycles. The van der Waals surface area contributed by atoms with Crippen molar-refractivity contribution >= 4 is 52.5 Å². The molecule has 34 heavy (non-hydrogen) atoms. The molecule has 8 heteroatoms. The molecule has 6 nitrogen and oxygen atoms in total. The summed E-state index contributed by atoms with van der Waals surface area (Å²) < 4.78 is 5.81. The molecule has 1 N–H and O–H groups in total. The zero-order valence-corrected chi connectivity index (χ0v) is 19.6. The molecule has 0 radical (unpaired) electrons. The van der Waals surface area contributed by atoms with Gasteiger partial charge in [0, 0.05) is 47.5 Å². The normalized spacial score (nSPS) is 16.6. The van der Waals surface area contributed by atoms with E-state index in [0.717, 1.165) is 24.3 Å². The van der Waals surface area contributed by atoms with Crippen molar-refractivity contribution in [2.24, 2.45) is 0 Å². The monoisotopic (exact) mass is 493 g/mol. The Hall–Kier alpha value is -3.48. The molecule has 2 amide bonds. The Balaban J connectivity index is 1.27. The lowest BCUT2D eigenvalue weighted by molar-refractivity contribution is -0.115. The summed E-state index contributed by atoms with van der Waals surface area (Å²) in [5.74, 6) is 0.209. The van der Waals surface area contributed by atoms with E-state index in [1.807, 2.05) is 29.2 Å².